The maximum absolute atomic E-state index is 3.56. The summed E-state index contributed by atoms with van der Waals surface area (Å²) < 4.78 is 0. The Morgan fingerprint density at radius 2 is 2.17 bits per heavy atom. The van der Waals surface area contributed by atoms with Crippen molar-refractivity contribution in [3.63, 3.8) is 0 Å². The van der Waals surface area contributed by atoms with Crippen molar-refractivity contribution < 1.29 is 0 Å². The Hall–Kier alpha value is -0.340. The first-order valence-corrected chi connectivity index (χ1v) is 8.23. The van der Waals surface area contributed by atoms with Gasteiger partial charge in [-0.15, -0.1) is 11.3 Å². The lowest BCUT2D eigenvalue weighted by atomic mass is 9.84. The molecular weight excluding hydrogens is 238 g/mol. The molecule has 2 aliphatic carbocycles. The van der Waals surface area contributed by atoms with E-state index < -0.39 is 0 Å². The molecule has 0 amide bonds. The van der Waals surface area contributed by atoms with E-state index >= 15 is 0 Å². The smallest absolute Gasteiger partial charge is 0.0415 e. The first kappa shape index (κ1) is 12.7. The molecule has 100 valence electrons. The fourth-order valence-corrected chi connectivity index (χ4v) is 5.28. The highest BCUT2D eigenvalue weighted by Crippen LogP contribution is 2.51. The molecule has 1 nitrogen and oxygen atoms in total. The second-order valence-electron chi connectivity index (χ2n) is 6.40. The molecule has 1 aromatic heterocycles. The van der Waals surface area contributed by atoms with Gasteiger partial charge in [-0.3, -0.25) is 0 Å². The maximum atomic E-state index is 3.56. The van der Waals surface area contributed by atoms with Crippen LogP contribution in [0.15, 0.2) is 6.07 Å². The zero-order chi connectivity index (χ0) is 12.7. The van der Waals surface area contributed by atoms with Gasteiger partial charge in [-0.1, -0.05) is 6.42 Å². The molecular formula is C16H25NS. The van der Waals surface area contributed by atoms with Crippen LogP contribution in [0.2, 0.25) is 0 Å². The largest absolute Gasteiger partial charge is 0.312 e. The minimum Gasteiger partial charge on any atom is -0.312 e. The van der Waals surface area contributed by atoms with Gasteiger partial charge in [-0.05, 0) is 76.0 Å². The summed E-state index contributed by atoms with van der Waals surface area (Å²) in [6.07, 6.45) is 7.42. The molecule has 0 aliphatic heterocycles. The summed E-state index contributed by atoms with van der Waals surface area (Å²) in [5.74, 6) is 3.11. The molecule has 1 heterocycles. The van der Waals surface area contributed by atoms with Gasteiger partial charge in [0, 0.05) is 15.8 Å². The third-order valence-corrected chi connectivity index (χ3v) is 6.57. The molecule has 0 aromatic carbocycles. The number of hydrogen-bond acceptors (Lipinski definition) is 2. The molecule has 4 atom stereocenters. The Bertz CT molecular complexity index is 403. The van der Waals surface area contributed by atoms with Crippen molar-refractivity contribution in [2.75, 3.05) is 7.05 Å². The SMILES string of the molecule is CNC(CC1CC2CCC1C2)c1cc(C)c(C)s1. The van der Waals surface area contributed by atoms with Crippen molar-refractivity contribution in [1.82, 2.24) is 5.32 Å². The fourth-order valence-electron chi connectivity index (χ4n) is 4.12. The minimum absolute atomic E-state index is 0.590. The van der Waals surface area contributed by atoms with E-state index in [4.69, 9.17) is 0 Å². The van der Waals surface area contributed by atoms with Crippen LogP contribution in [0.3, 0.4) is 0 Å². The molecule has 18 heavy (non-hydrogen) atoms. The molecule has 1 N–H and O–H groups in total. The van der Waals surface area contributed by atoms with E-state index in [1.165, 1.54) is 42.5 Å². The molecule has 2 fully saturated rings. The van der Waals surface area contributed by atoms with Crippen molar-refractivity contribution in [1.29, 1.82) is 0 Å². The molecule has 3 rings (SSSR count). The van der Waals surface area contributed by atoms with Crippen molar-refractivity contribution in [3.05, 3.63) is 21.4 Å². The normalized spacial score (nSPS) is 32.1. The number of nitrogens with one attached hydrogen (secondary N) is 1. The van der Waals surface area contributed by atoms with E-state index in [1.807, 2.05) is 11.3 Å². The highest BCUT2D eigenvalue weighted by Gasteiger charge is 2.40. The Morgan fingerprint density at radius 1 is 1.33 bits per heavy atom. The third-order valence-electron chi connectivity index (χ3n) is 5.30. The number of thiophene rings is 1. The number of fused-ring (bicyclic) bond motifs is 2. The van der Waals surface area contributed by atoms with E-state index in [0.717, 1.165) is 17.8 Å². The van der Waals surface area contributed by atoms with Crippen LogP contribution in [-0.4, -0.2) is 7.05 Å². The topological polar surface area (TPSA) is 12.0 Å². The van der Waals surface area contributed by atoms with Crippen LogP contribution in [0.4, 0.5) is 0 Å². The zero-order valence-corrected chi connectivity index (χ0v) is 12.6. The minimum atomic E-state index is 0.590. The molecule has 0 spiro atoms. The van der Waals surface area contributed by atoms with Crippen LogP contribution in [0, 0.1) is 31.6 Å². The van der Waals surface area contributed by atoms with Crippen LogP contribution in [-0.2, 0) is 0 Å². The van der Waals surface area contributed by atoms with Gasteiger partial charge >= 0.3 is 0 Å². The standard InChI is InChI=1S/C16H25NS/c1-10-6-16(18-11(10)2)15(17-3)9-14-8-12-4-5-13(14)7-12/h6,12-15,17H,4-5,7-9H2,1-3H3. The highest BCUT2D eigenvalue weighted by atomic mass is 32.1. The van der Waals surface area contributed by atoms with E-state index in [0.29, 0.717) is 6.04 Å². The van der Waals surface area contributed by atoms with Crippen molar-refractivity contribution >= 4 is 11.3 Å². The predicted molar refractivity (Wildman–Crippen MR) is 79.1 cm³/mol. The van der Waals surface area contributed by atoms with Crippen LogP contribution < -0.4 is 5.32 Å². The Balaban J connectivity index is 1.69. The second-order valence-corrected chi connectivity index (χ2v) is 7.69. The summed E-state index contributed by atoms with van der Waals surface area (Å²) in [6.45, 7) is 4.48. The summed E-state index contributed by atoms with van der Waals surface area (Å²) in [7, 11) is 2.13. The summed E-state index contributed by atoms with van der Waals surface area (Å²) in [5, 5.41) is 3.56. The van der Waals surface area contributed by atoms with Gasteiger partial charge in [-0.25, -0.2) is 0 Å². The van der Waals surface area contributed by atoms with Gasteiger partial charge in [0.15, 0.2) is 0 Å². The van der Waals surface area contributed by atoms with Crippen molar-refractivity contribution in [3.8, 4) is 0 Å². The monoisotopic (exact) mass is 263 g/mol. The Kier molecular flexibility index (Phi) is 3.50. The molecule has 2 bridgehead atoms. The maximum Gasteiger partial charge on any atom is 0.0415 e. The molecule has 0 saturated heterocycles. The Morgan fingerprint density at radius 3 is 2.67 bits per heavy atom. The highest BCUT2D eigenvalue weighted by molar-refractivity contribution is 7.12. The second kappa shape index (κ2) is 4.97. The number of rotatable bonds is 4. The first-order valence-electron chi connectivity index (χ1n) is 7.41. The average Bonchev–Trinajstić information content (AvgIpc) is 3.03. The van der Waals surface area contributed by atoms with Gasteiger partial charge in [0.2, 0.25) is 0 Å². The van der Waals surface area contributed by atoms with E-state index in [2.05, 4.69) is 32.3 Å². The van der Waals surface area contributed by atoms with Gasteiger partial charge in [0.1, 0.15) is 0 Å². The van der Waals surface area contributed by atoms with Gasteiger partial charge in [0.25, 0.3) is 0 Å². The molecule has 2 heteroatoms. The zero-order valence-electron chi connectivity index (χ0n) is 11.8. The lowest BCUT2D eigenvalue weighted by Crippen LogP contribution is -2.21. The predicted octanol–water partition coefficient (Wildman–Crippen LogP) is 4.45. The van der Waals surface area contributed by atoms with Gasteiger partial charge in [0.05, 0.1) is 0 Å². The van der Waals surface area contributed by atoms with E-state index in [9.17, 15) is 0 Å². The van der Waals surface area contributed by atoms with E-state index in [-0.39, 0.29) is 0 Å². The van der Waals surface area contributed by atoms with Gasteiger partial charge < -0.3 is 5.32 Å². The molecule has 2 aliphatic rings. The summed E-state index contributed by atoms with van der Waals surface area (Å²) in [5.41, 5.74) is 1.46. The molecule has 0 radical (unpaired) electrons. The van der Waals surface area contributed by atoms with Crippen LogP contribution in [0.1, 0.15) is 53.5 Å². The van der Waals surface area contributed by atoms with Crippen molar-refractivity contribution in [2.45, 2.75) is 52.0 Å². The van der Waals surface area contributed by atoms with Gasteiger partial charge in [-0.2, -0.15) is 0 Å². The first-order chi connectivity index (χ1) is 8.67. The Labute approximate surface area is 115 Å². The summed E-state index contributed by atoms with van der Waals surface area (Å²) in [6, 6.07) is 2.99. The molecule has 2 saturated carbocycles. The number of hydrogen-bond donors (Lipinski definition) is 1. The lowest BCUT2D eigenvalue weighted by molar-refractivity contribution is 0.285. The fraction of sp³-hybridized carbons (Fsp3) is 0.750. The van der Waals surface area contributed by atoms with Crippen LogP contribution >= 0.6 is 11.3 Å². The van der Waals surface area contributed by atoms with Crippen molar-refractivity contribution in [2.24, 2.45) is 17.8 Å². The average molecular weight is 263 g/mol. The lowest BCUT2D eigenvalue weighted by Gasteiger charge is -2.26. The molecule has 4 unspecified atom stereocenters. The quantitative estimate of drug-likeness (QED) is 0.846. The summed E-state index contributed by atoms with van der Waals surface area (Å²) in [4.78, 5) is 3.04. The third kappa shape index (κ3) is 2.25. The molecule has 1 aromatic rings. The summed E-state index contributed by atoms with van der Waals surface area (Å²) >= 11 is 1.99. The van der Waals surface area contributed by atoms with Crippen LogP contribution in [0.5, 0.6) is 0 Å². The van der Waals surface area contributed by atoms with Crippen LogP contribution in [0.25, 0.3) is 0 Å². The number of aryl methyl sites for hydroxylation is 2. The van der Waals surface area contributed by atoms with E-state index in [1.54, 1.807) is 4.88 Å².